The molecular formula is H11ClGeSi4. The van der Waals surface area contributed by atoms with Crippen molar-refractivity contribution in [2.45, 2.75) is 0 Å². The van der Waals surface area contributed by atoms with Gasteiger partial charge < -0.3 is 0 Å². The predicted molar refractivity (Wildman–Crippen MR) is 50.0 cm³/mol. The van der Waals surface area contributed by atoms with E-state index in [2.05, 4.69) is 0 Å². The van der Waals surface area contributed by atoms with E-state index in [-0.39, 0.29) is 17.6 Å². The molecule has 6 heteroatoms. The Morgan fingerprint density at radius 3 is 2.17 bits per heavy atom. The fourth-order valence-corrected chi connectivity index (χ4v) is 26.5. The molecule has 6 heavy (non-hydrogen) atoms. The van der Waals surface area contributed by atoms with Gasteiger partial charge in [-0.05, 0) is 18.3 Å². The van der Waals surface area contributed by atoms with Crippen LogP contribution >= 0.6 is 11.1 Å². The van der Waals surface area contributed by atoms with Crippen LogP contribution in [0, 0.1) is 0 Å². The first kappa shape index (κ1) is 10.6. The molecule has 0 unspecified atom stereocenters. The average molecular weight is 231 g/mol. The van der Waals surface area contributed by atoms with Gasteiger partial charge in [0.05, 0.1) is 0 Å². The molecule has 0 spiro atoms. The summed E-state index contributed by atoms with van der Waals surface area (Å²) in [4.78, 5) is 0. The summed E-state index contributed by atoms with van der Waals surface area (Å²) in [7, 11) is 3.11. The van der Waals surface area contributed by atoms with Crippen molar-refractivity contribution in [3.05, 3.63) is 0 Å². The molecule has 0 rings (SSSR count). The Morgan fingerprint density at radius 2 is 2.17 bits per heavy atom. The van der Waals surface area contributed by atoms with Crippen LogP contribution in [-0.4, -0.2) is 52.8 Å². The first-order chi connectivity index (χ1) is 2.41. The number of rotatable bonds is 2. The Balaban J connectivity index is 0. The van der Waals surface area contributed by atoms with E-state index in [1.165, 1.54) is 9.76 Å². The molecule has 0 aromatic rings. The molecule has 0 aliphatic carbocycles. The standard InChI is InChI=1S/ClH8Si4.GeH3/c1-3-5-4-2;/h3H,4-5H2,2H3;1H3. The zero-order valence-electron chi connectivity index (χ0n) is 4.37. The summed E-state index contributed by atoms with van der Waals surface area (Å²) in [6.07, 6.45) is 0. The van der Waals surface area contributed by atoms with Gasteiger partial charge >= 0.3 is 17.6 Å². The smallest absolute Gasteiger partial charge is 0.125 e. The summed E-state index contributed by atoms with van der Waals surface area (Å²) in [6, 6.07) is 0. The van der Waals surface area contributed by atoms with Gasteiger partial charge in [-0.15, -0.1) is 0 Å². The normalized spacial score (nSPS) is 11.5. The second-order valence-corrected chi connectivity index (χ2v) is 25.5. The number of halogens is 1. The number of hydrogen-bond acceptors (Lipinski definition) is 0. The molecule has 0 bridgehead atoms. The van der Waals surface area contributed by atoms with Crippen LogP contribution in [0.3, 0.4) is 0 Å². The third-order valence-corrected chi connectivity index (χ3v) is 32.2. The molecule has 0 amide bonds. The van der Waals surface area contributed by atoms with Crippen LogP contribution in [0.5, 0.6) is 0 Å². The van der Waals surface area contributed by atoms with E-state index in [0.717, 1.165) is 0 Å². The Bertz CT molecular complexity index is 15.0. The van der Waals surface area contributed by atoms with Crippen molar-refractivity contribution in [1.29, 1.82) is 0 Å². The van der Waals surface area contributed by atoms with E-state index in [1.54, 1.807) is 0 Å². The van der Waals surface area contributed by atoms with Gasteiger partial charge in [0, 0.05) is 8.55 Å². The minimum Gasteiger partial charge on any atom is -0.179 e. The molecule has 0 N–H and O–H groups in total. The van der Waals surface area contributed by atoms with Gasteiger partial charge in [-0.2, -0.15) is 11.1 Å². The van der Waals surface area contributed by atoms with Crippen molar-refractivity contribution in [2.24, 2.45) is 0 Å². The van der Waals surface area contributed by atoms with E-state index < -0.39 is 0 Å². The van der Waals surface area contributed by atoms with Crippen molar-refractivity contribution in [2.75, 3.05) is 0 Å². The summed E-state index contributed by atoms with van der Waals surface area (Å²) in [5.41, 5.74) is 0. The molecule has 2 radical (unpaired) electrons. The van der Waals surface area contributed by atoms with Crippen molar-refractivity contribution in [1.82, 2.24) is 0 Å². The van der Waals surface area contributed by atoms with Crippen LogP contribution in [0.15, 0.2) is 0 Å². The molecule has 0 atom stereocenters. The van der Waals surface area contributed by atoms with Gasteiger partial charge in [0.2, 0.25) is 0 Å². The van der Waals surface area contributed by atoms with Crippen molar-refractivity contribution in [3.63, 3.8) is 0 Å². The maximum Gasteiger partial charge on any atom is 0.125 e. The second-order valence-electron chi connectivity index (χ2n) is 0.943. The molecule has 0 heterocycles. The fourth-order valence-electron chi connectivity index (χ4n) is 0.109. The predicted octanol–water partition coefficient (Wildman–Crippen LogP) is -4.16. The van der Waals surface area contributed by atoms with Crippen molar-refractivity contribution >= 4 is 63.9 Å². The van der Waals surface area contributed by atoms with Crippen LogP contribution in [0.1, 0.15) is 0 Å². The molecule has 0 saturated carbocycles. The topological polar surface area (TPSA) is 0 Å². The SMILES string of the molecule is [GeH3].[SiH3][SiH2][SiH2][SiH]Cl. The first-order valence-electron chi connectivity index (χ1n) is 1.83. The van der Waals surface area contributed by atoms with Gasteiger partial charge in [0.1, 0.15) is 8.35 Å². The molecule has 0 nitrogen and oxygen atoms in total. The van der Waals surface area contributed by atoms with Crippen molar-refractivity contribution < 1.29 is 0 Å². The first-order valence-corrected chi connectivity index (χ1v) is 16.5. The Labute approximate surface area is 63.7 Å². The molecular weight excluding hydrogens is 220 g/mol. The minimum absolute atomic E-state index is 0. The van der Waals surface area contributed by atoms with Crippen LogP contribution in [-0.2, 0) is 0 Å². The van der Waals surface area contributed by atoms with Gasteiger partial charge in [-0.25, -0.2) is 0 Å². The molecule has 0 saturated heterocycles. The fraction of sp³-hybridized carbons (Fsp3) is 0. The molecule has 0 aromatic heterocycles. The summed E-state index contributed by atoms with van der Waals surface area (Å²) in [5.74, 6) is 0. The summed E-state index contributed by atoms with van der Waals surface area (Å²) >= 11 is 5.50. The maximum atomic E-state index is 5.50. The molecule has 0 aliphatic heterocycles. The molecule has 0 aliphatic rings. The van der Waals surface area contributed by atoms with Crippen LogP contribution in [0.4, 0.5) is 0 Å². The van der Waals surface area contributed by atoms with E-state index in [1.807, 2.05) is 0 Å². The zero-order chi connectivity index (χ0) is 4.12. The molecule has 0 fully saturated rings. The quantitative estimate of drug-likeness (QED) is 0.334. The summed E-state index contributed by atoms with van der Waals surface area (Å²) in [5, 5.41) is 0. The Morgan fingerprint density at radius 1 is 1.67 bits per heavy atom. The maximum absolute atomic E-state index is 5.50. The van der Waals surface area contributed by atoms with Crippen LogP contribution < -0.4 is 0 Å². The van der Waals surface area contributed by atoms with E-state index in [9.17, 15) is 0 Å². The molecule has 38 valence electrons. The third kappa shape index (κ3) is 9.20. The van der Waals surface area contributed by atoms with Gasteiger partial charge in [-0.3, -0.25) is 0 Å². The average Bonchev–Trinajstić information content (AvgIpc) is 1.41. The second kappa shape index (κ2) is 9.85. The Kier molecular flexibility index (Phi) is 17.5. The van der Waals surface area contributed by atoms with Gasteiger partial charge in [-0.1, -0.05) is 0 Å². The summed E-state index contributed by atoms with van der Waals surface area (Å²) in [6.45, 7) is 0. The van der Waals surface area contributed by atoms with E-state index >= 15 is 0 Å². The van der Waals surface area contributed by atoms with Crippen LogP contribution in [0.25, 0.3) is 0 Å². The van der Waals surface area contributed by atoms with E-state index in [0.29, 0.717) is 25.5 Å². The Hall–Kier alpha value is 1.70. The minimum atomic E-state index is 0. The number of hydrogen-bond donors (Lipinski definition) is 0. The third-order valence-electron chi connectivity index (χ3n) is 0.398. The largest absolute Gasteiger partial charge is 0.179 e. The van der Waals surface area contributed by atoms with Crippen LogP contribution in [0.2, 0.25) is 0 Å². The van der Waals surface area contributed by atoms with E-state index in [4.69, 9.17) is 11.1 Å². The zero-order valence-corrected chi connectivity index (χ0v) is 15.3. The van der Waals surface area contributed by atoms with Gasteiger partial charge in [0.15, 0.2) is 0 Å². The monoisotopic (exact) mass is 232 g/mol. The van der Waals surface area contributed by atoms with Crippen molar-refractivity contribution in [3.8, 4) is 0 Å². The molecule has 0 aromatic carbocycles. The van der Waals surface area contributed by atoms with Gasteiger partial charge in [0.25, 0.3) is 0 Å². The summed E-state index contributed by atoms with van der Waals surface area (Å²) < 4.78 is 0.